The normalized spacial score (nSPS) is 10.9. The monoisotopic (exact) mass is 263 g/mol. The molecule has 2 rings (SSSR count). The number of carbonyl (C=O) groups excluding carboxylic acids is 1. The molecule has 2 heterocycles. The molecule has 0 aliphatic carbocycles. The summed E-state index contributed by atoms with van der Waals surface area (Å²) in [6.45, 7) is 4.04. The molecule has 102 valence electrons. The van der Waals surface area contributed by atoms with E-state index in [-0.39, 0.29) is 29.4 Å². The molecular weight excluding hydrogens is 246 g/mol. The summed E-state index contributed by atoms with van der Waals surface area (Å²) in [6.07, 6.45) is 4.51. The Morgan fingerprint density at radius 2 is 2.26 bits per heavy atom. The van der Waals surface area contributed by atoms with Crippen molar-refractivity contribution in [3.8, 4) is 11.6 Å². The van der Waals surface area contributed by atoms with Gasteiger partial charge in [0.2, 0.25) is 5.89 Å². The molecule has 0 aromatic carbocycles. The molecule has 7 heteroatoms. The fourth-order valence-electron chi connectivity index (χ4n) is 1.72. The number of aromatic nitrogens is 3. The van der Waals surface area contributed by atoms with Gasteiger partial charge in [-0.15, -0.1) is 0 Å². The molecule has 0 aliphatic heterocycles. The maximum Gasteiger partial charge on any atom is 0.273 e. The zero-order valence-electron chi connectivity index (χ0n) is 10.9. The summed E-state index contributed by atoms with van der Waals surface area (Å²) in [6, 6.07) is 0.143. The Morgan fingerprint density at radius 3 is 2.84 bits per heavy atom. The number of nitrogens with two attached hydrogens (primary N) is 1. The first-order valence-electron chi connectivity index (χ1n) is 6.21. The summed E-state index contributed by atoms with van der Waals surface area (Å²) in [4.78, 5) is 22.7. The quantitative estimate of drug-likeness (QED) is 0.758. The molecule has 1 amide bonds. The smallest absolute Gasteiger partial charge is 0.273 e. The number of aromatic amines is 1. The van der Waals surface area contributed by atoms with Crippen molar-refractivity contribution in [2.75, 3.05) is 5.73 Å². The highest BCUT2D eigenvalue weighted by molar-refractivity contribution is 5.92. The highest BCUT2D eigenvalue weighted by Crippen LogP contribution is 2.20. The molecular formula is C12H17N5O2. The first kappa shape index (κ1) is 13.1. The van der Waals surface area contributed by atoms with Crippen LogP contribution >= 0.6 is 0 Å². The van der Waals surface area contributed by atoms with E-state index in [4.69, 9.17) is 10.2 Å². The van der Waals surface area contributed by atoms with Crippen molar-refractivity contribution in [3.63, 3.8) is 0 Å². The van der Waals surface area contributed by atoms with Crippen molar-refractivity contribution in [2.45, 2.75) is 32.7 Å². The Kier molecular flexibility index (Phi) is 3.84. The average Bonchev–Trinajstić information content (AvgIpc) is 3.03. The summed E-state index contributed by atoms with van der Waals surface area (Å²) < 4.78 is 5.24. The number of H-pyrrole nitrogens is 1. The standard InChI is InChI=1S/C12H17N5O2/c1-3-7(4-2)16-11(18)8-5-19-12(17-8)9-10(13)15-6-14-9/h5-7H,3-4,13H2,1-2H3,(H,14,15)(H,16,18). The molecule has 19 heavy (non-hydrogen) atoms. The molecule has 0 fully saturated rings. The first-order chi connectivity index (χ1) is 9.15. The first-order valence-corrected chi connectivity index (χ1v) is 6.21. The number of amides is 1. The summed E-state index contributed by atoms with van der Waals surface area (Å²) in [5, 5.41) is 2.89. The average molecular weight is 263 g/mol. The molecule has 7 nitrogen and oxygen atoms in total. The van der Waals surface area contributed by atoms with Crippen LogP contribution < -0.4 is 11.1 Å². The van der Waals surface area contributed by atoms with Gasteiger partial charge in [0.15, 0.2) is 11.5 Å². The molecule has 2 aromatic heterocycles. The second-order valence-corrected chi connectivity index (χ2v) is 4.19. The number of imidazole rings is 1. The molecule has 0 saturated carbocycles. The molecule has 0 saturated heterocycles. The summed E-state index contributed by atoms with van der Waals surface area (Å²) in [5.74, 6) is 0.292. The van der Waals surface area contributed by atoms with E-state index in [1.165, 1.54) is 12.6 Å². The van der Waals surface area contributed by atoms with Crippen LogP contribution in [0.2, 0.25) is 0 Å². The van der Waals surface area contributed by atoms with Crippen molar-refractivity contribution in [1.29, 1.82) is 0 Å². The van der Waals surface area contributed by atoms with Crippen molar-refractivity contribution in [3.05, 3.63) is 18.3 Å². The van der Waals surface area contributed by atoms with Gasteiger partial charge in [0.1, 0.15) is 12.0 Å². The van der Waals surface area contributed by atoms with Crippen molar-refractivity contribution in [2.24, 2.45) is 0 Å². The fraction of sp³-hybridized carbons (Fsp3) is 0.417. The lowest BCUT2D eigenvalue weighted by molar-refractivity contribution is 0.0930. The third kappa shape index (κ3) is 2.75. The molecule has 0 unspecified atom stereocenters. The van der Waals surface area contributed by atoms with Gasteiger partial charge >= 0.3 is 0 Å². The predicted molar refractivity (Wildman–Crippen MR) is 70.3 cm³/mol. The Hall–Kier alpha value is -2.31. The van der Waals surface area contributed by atoms with Crippen molar-refractivity contribution in [1.82, 2.24) is 20.3 Å². The Labute approximate surface area is 110 Å². The molecule has 2 aromatic rings. The van der Waals surface area contributed by atoms with Gasteiger partial charge in [0.05, 0.1) is 6.33 Å². The Bertz CT molecular complexity index is 556. The molecule has 4 N–H and O–H groups in total. The number of carbonyl (C=O) groups is 1. The molecule has 0 spiro atoms. The Morgan fingerprint density at radius 1 is 1.53 bits per heavy atom. The topological polar surface area (TPSA) is 110 Å². The van der Waals surface area contributed by atoms with Crippen LogP contribution in [0.1, 0.15) is 37.2 Å². The Balaban J connectivity index is 2.13. The number of anilines is 1. The second kappa shape index (κ2) is 5.55. The lowest BCUT2D eigenvalue weighted by atomic mass is 10.2. The van der Waals surface area contributed by atoms with Gasteiger partial charge in [0.25, 0.3) is 5.91 Å². The van der Waals surface area contributed by atoms with E-state index < -0.39 is 0 Å². The van der Waals surface area contributed by atoms with Crippen LogP contribution in [0.4, 0.5) is 5.82 Å². The highest BCUT2D eigenvalue weighted by atomic mass is 16.3. The van der Waals surface area contributed by atoms with E-state index in [0.29, 0.717) is 5.69 Å². The van der Waals surface area contributed by atoms with E-state index in [1.807, 2.05) is 13.8 Å². The fourth-order valence-corrected chi connectivity index (χ4v) is 1.72. The number of nitrogens with one attached hydrogen (secondary N) is 2. The van der Waals surface area contributed by atoms with E-state index >= 15 is 0 Å². The van der Waals surface area contributed by atoms with Crippen LogP contribution in [0.3, 0.4) is 0 Å². The maximum absolute atomic E-state index is 12.0. The minimum atomic E-state index is -0.248. The second-order valence-electron chi connectivity index (χ2n) is 4.19. The van der Waals surface area contributed by atoms with Crippen molar-refractivity contribution < 1.29 is 9.21 Å². The third-order valence-corrected chi connectivity index (χ3v) is 2.94. The zero-order chi connectivity index (χ0) is 13.8. The summed E-state index contributed by atoms with van der Waals surface area (Å²) in [5.41, 5.74) is 6.34. The minimum Gasteiger partial charge on any atom is -0.442 e. The lowest BCUT2D eigenvalue weighted by Crippen LogP contribution is -2.33. The molecule has 0 radical (unpaired) electrons. The van der Waals surface area contributed by atoms with Gasteiger partial charge in [-0.3, -0.25) is 4.79 Å². The minimum absolute atomic E-state index is 0.143. The van der Waals surface area contributed by atoms with Crippen LogP contribution in [0, 0.1) is 0 Å². The molecule has 0 atom stereocenters. The van der Waals surface area contributed by atoms with Crippen LogP contribution in [0.25, 0.3) is 11.6 Å². The summed E-state index contributed by atoms with van der Waals surface area (Å²) in [7, 11) is 0. The number of rotatable bonds is 5. The number of nitrogens with zero attached hydrogens (tertiary/aromatic N) is 2. The largest absolute Gasteiger partial charge is 0.442 e. The van der Waals surface area contributed by atoms with Gasteiger partial charge in [-0.25, -0.2) is 9.97 Å². The van der Waals surface area contributed by atoms with E-state index in [9.17, 15) is 4.79 Å². The molecule has 0 bridgehead atoms. The number of nitrogen functional groups attached to an aromatic ring is 1. The number of hydrogen-bond donors (Lipinski definition) is 3. The van der Waals surface area contributed by atoms with Gasteiger partial charge in [0, 0.05) is 6.04 Å². The van der Waals surface area contributed by atoms with Gasteiger partial charge < -0.3 is 20.5 Å². The van der Waals surface area contributed by atoms with Gasteiger partial charge in [-0.2, -0.15) is 0 Å². The molecule has 0 aliphatic rings. The highest BCUT2D eigenvalue weighted by Gasteiger charge is 2.17. The lowest BCUT2D eigenvalue weighted by Gasteiger charge is -2.12. The van der Waals surface area contributed by atoms with Crippen molar-refractivity contribution >= 4 is 11.7 Å². The van der Waals surface area contributed by atoms with Crippen LogP contribution in [-0.4, -0.2) is 26.9 Å². The van der Waals surface area contributed by atoms with Crippen LogP contribution in [-0.2, 0) is 0 Å². The number of hydrogen-bond acceptors (Lipinski definition) is 5. The maximum atomic E-state index is 12.0. The third-order valence-electron chi connectivity index (χ3n) is 2.94. The van der Waals surface area contributed by atoms with E-state index in [0.717, 1.165) is 12.8 Å². The van der Waals surface area contributed by atoms with Gasteiger partial charge in [-0.1, -0.05) is 13.8 Å². The summed E-state index contributed by atoms with van der Waals surface area (Å²) >= 11 is 0. The number of oxazole rings is 1. The van der Waals surface area contributed by atoms with E-state index in [2.05, 4.69) is 20.3 Å². The van der Waals surface area contributed by atoms with Gasteiger partial charge in [-0.05, 0) is 12.8 Å². The van der Waals surface area contributed by atoms with Crippen LogP contribution in [0.15, 0.2) is 17.0 Å². The SMILES string of the molecule is CCC(CC)NC(=O)c1coc(-c2[nH]cnc2N)n1. The zero-order valence-corrected chi connectivity index (χ0v) is 10.9. The predicted octanol–water partition coefficient (Wildman–Crippen LogP) is 1.57. The van der Waals surface area contributed by atoms with E-state index in [1.54, 1.807) is 0 Å². The van der Waals surface area contributed by atoms with Crippen LogP contribution in [0.5, 0.6) is 0 Å².